The third kappa shape index (κ3) is 3.04. The minimum absolute atomic E-state index is 0.0320. The van der Waals surface area contributed by atoms with Gasteiger partial charge >= 0.3 is 6.03 Å². The number of hydrogen-bond acceptors (Lipinski definition) is 4. The van der Waals surface area contributed by atoms with E-state index in [0.29, 0.717) is 23.9 Å². The summed E-state index contributed by atoms with van der Waals surface area (Å²) in [6.07, 6.45) is 1.36. The van der Waals surface area contributed by atoms with E-state index < -0.39 is 0 Å². The molecule has 3 amide bonds. The van der Waals surface area contributed by atoms with Crippen molar-refractivity contribution in [2.45, 2.75) is 0 Å². The lowest BCUT2D eigenvalue weighted by molar-refractivity contribution is -0.116. The van der Waals surface area contributed by atoms with Crippen LogP contribution in [0.4, 0.5) is 16.3 Å². The maximum Gasteiger partial charge on any atom is 0.325 e. The molecule has 1 aromatic carbocycles. The molecule has 1 aliphatic heterocycles. The molecular weight excluding hydrogens is 308 g/mol. The van der Waals surface area contributed by atoms with Gasteiger partial charge in [-0.25, -0.2) is 4.79 Å². The fraction of sp³-hybridized carbons (Fsp3) is 0.214. The van der Waals surface area contributed by atoms with Crippen LogP contribution in [0.1, 0.15) is 0 Å². The van der Waals surface area contributed by atoms with Gasteiger partial charge in [0.15, 0.2) is 5.82 Å². The molecule has 1 saturated heterocycles. The average molecular weight is 321 g/mol. The Hall–Kier alpha value is -2.54. The normalized spacial score (nSPS) is 14.5. The number of amides is 3. The Morgan fingerprint density at radius 2 is 2.05 bits per heavy atom. The van der Waals surface area contributed by atoms with Gasteiger partial charge in [-0.15, -0.1) is 0 Å². The SMILES string of the molecule is O=C(CN1CCN(c2ccc(Cl)cc2)C1=O)Nc1ccon1. The van der Waals surface area contributed by atoms with E-state index in [1.165, 1.54) is 17.2 Å². The van der Waals surface area contributed by atoms with E-state index in [2.05, 4.69) is 15.0 Å². The number of aromatic nitrogens is 1. The summed E-state index contributed by atoms with van der Waals surface area (Å²) in [5, 5.41) is 6.76. The first-order valence-corrected chi connectivity index (χ1v) is 7.03. The topological polar surface area (TPSA) is 78.7 Å². The van der Waals surface area contributed by atoms with Crippen molar-refractivity contribution in [3.05, 3.63) is 41.6 Å². The number of anilines is 2. The zero-order valence-electron chi connectivity index (χ0n) is 11.5. The van der Waals surface area contributed by atoms with Crippen molar-refractivity contribution in [3.8, 4) is 0 Å². The van der Waals surface area contributed by atoms with Crippen molar-refractivity contribution >= 4 is 35.0 Å². The second-order valence-corrected chi connectivity index (χ2v) is 5.20. The minimum atomic E-state index is -0.319. The summed E-state index contributed by atoms with van der Waals surface area (Å²) < 4.78 is 4.63. The monoisotopic (exact) mass is 320 g/mol. The van der Waals surface area contributed by atoms with Crippen molar-refractivity contribution in [1.29, 1.82) is 0 Å². The Kier molecular flexibility index (Phi) is 3.97. The van der Waals surface area contributed by atoms with Gasteiger partial charge in [0.2, 0.25) is 5.91 Å². The van der Waals surface area contributed by atoms with Crippen LogP contribution in [0, 0.1) is 0 Å². The van der Waals surface area contributed by atoms with E-state index in [0.717, 1.165) is 5.69 Å². The summed E-state index contributed by atoms with van der Waals surface area (Å²) in [4.78, 5) is 27.3. The quantitative estimate of drug-likeness (QED) is 0.936. The van der Waals surface area contributed by atoms with Gasteiger partial charge in [-0.1, -0.05) is 16.8 Å². The van der Waals surface area contributed by atoms with Gasteiger partial charge in [0.05, 0.1) is 0 Å². The summed E-state index contributed by atoms with van der Waals surface area (Å²) in [5.41, 5.74) is 0.758. The first-order chi connectivity index (χ1) is 10.6. The second-order valence-electron chi connectivity index (χ2n) is 4.77. The van der Waals surface area contributed by atoms with Gasteiger partial charge < -0.3 is 14.7 Å². The molecule has 0 aliphatic carbocycles. The molecule has 2 aromatic rings. The van der Waals surface area contributed by atoms with Crippen LogP contribution in [-0.4, -0.2) is 41.6 Å². The Balaban J connectivity index is 1.61. The van der Waals surface area contributed by atoms with Gasteiger partial charge in [0.1, 0.15) is 12.8 Å². The molecule has 8 heteroatoms. The smallest absolute Gasteiger partial charge is 0.325 e. The Labute approximate surface area is 131 Å². The predicted octanol–water partition coefficient (Wildman–Crippen LogP) is 2.21. The molecule has 114 valence electrons. The van der Waals surface area contributed by atoms with E-state index in [1.54, 1.807) is 29.2 Å². The van der Waals surface area contributed by atoms with Crippen LogP contribution in [0.25, 0.3) is 0 Å². The number of carbonyl (C=O) groups excluding carboxylic acids is 2. The first-order valence-electron chi connectivity index (χ1n) is 6.66. The molecule has 1 fully saturated rings. The lowest BCUT2D eigenvalue weighted by Gasteiger charge is -2.18. The van der Waals surface area contributed by atoms with Crippen LogP contribution in [0.2, 0.25) is 5.02 Å². The maximum atomic E-state index is 12.3. The molecule has 0 saturated carbocycles. The molecule has 0 radical (unpaired) electrons. The van der Waals surface area contributed by atoms with Crippen molar-refractivity contribution in [3.63, 3.8) is 0 Å². The predicted molar refractivity (Wildman–Crippen MR) is 80.9 cm³/mol. The molecule has 1 aromatic heterocycles. The van der Waals surface area contributed by atoms with E-state index in [9.17, 15) is 9.59 Å². The molecule has 0 spiro atoms. The van der Waals surface area contributed by atoms with Crippen LogP contribution < -0.4 is 10.2 Å². The molecule has 2 heterocycles. The number of hydrogen-bond donors (Lipinski definition) is 1. The largest absolute Gasteiger partial charge is 0.363 e. The summed E-state index contributed by atoms with van der Waals surface area (Å²) in [7, 11) is 0. The lowest BCUT2D eigenvalue weighted by atomic mass is 10.3. The molecular formula is C14H13ClN4O3. The van der Waals surface area contributed by atoms with Crippen molar-refractivity contribution < 1.29 is 14.1 Å². The first kappa shape index (κ1) is 14.4. The highest BCUT2D eigenvalue weighted by atomic mass is 35.5. The average Bonchev–Trinajstić information content (AvgIpc) is 3.11. The van der Waals surface area contributed by atoms with E-state index in [1.807, 2.05) is 0 Å². The second kappa shape index (κ2) is 6.07. The van der Waals surface area contributed by atoms with Gasteiger partial charge in [-0.2, -0.15) is 0 Å². The maximum absolute atomic E-state index is 12.3. The molecule has 0 atom stereocenters. The Morgan fingerprint density at radius 1 is 1.27 bits per heavy atom. The summed E-state index contributed by atoms with van der Waals surface area (Å²) in [6.45, 7) is 0.973. The zero-order valence-corrected chi connectivity index (χ0v) is 12.3. The molecule has 1 N–H and O–H groups in total. The van der Waals surface area contributed by atoms with Crippen LogP contribution in [-0.2, 0) is 4.79 Å². The number of rotatable bonds is 4. The Morgan fingerprint density at radius 3 is 2.73 bits per heavy atom. The number of carbonyl (C=O) groups is 2. The van der Waals surface area contributed by atoms with Crippen LogP contribution in [0.5, 0.6) is 0 Å². The minimum Gasteiger partial charge on any atom is -0.363 e. The molecule has 0 bridgehead atoms. The lowest BCUT2D eigenvalue weighted by Crippen LogP contribution is -2.37. The summed E-state index contributed by atoms with van der Waals surface area (Å²) >= 11 is 5.84. The zero-order chi connectivity index (χ0) is 15.5. The standard InChI is InChI=1S/C14H13ClN4O3/c15-10-1-3-11(4-2-10)19-7-6-18(14(19)21)9-13(20)16-12-5-8-22-17-12/h1-5,8H,6-7,9H2,(H,16,17,20). The van der Waals surface area contributed by atoms with Gasteiger partial charge in [-0.3, -0.25) is 9.69 Å². The summed E-state index contributed by atoms with van der Waals surface area (Å²) in [5.74, 6) is 0.00593. The third-order valence-electron chi connectivity index (χ3n) is 3.27. The Bertz CT molecular complexity index is 672. The van der Waals surface area contributed by atoms with Crippen molar-refractivity contribution in [2.24, 2.45) is 0 Å². The van der Waals surface area contributed by atoms with Gasteiger partial charge in [0, 0.05) is 29.9 Å². The number of benzene rings is 1. The number of halogens is 1. The highest BCUT2D eigenvalue weighted by molar-refractivity contribution is 6.30. The fourth-order valence-corrected chi connectivity index (χ4v) is 2.35. The highest BCUT2D eigenvalue weighted by Crippen LogP contribution is 2.22. The van der Waals surface area contributed by atoms with Crippen molar-refractivity contribution in [1.82, 2.24) is 10.1 Å². The van der Waals surface area contributed by atoms with Gasteiger partial charge in [0.25, 0.3) is 0 Å². The van der Waals surface area contributed by atoms with Crippen LogP contribution in [0.15, 0.2) is 41.1 Å². The molecule has 1 aliphatic rings. The molecule has 0 unspecified atom stereocenters. The molecule has 3 rings (SSSR count). The van der Waals surface area contributed by atoms with E-state index in [-0.39, 0.29) is 18.5 Å². The number of nitrogens with zero attached hydrogens (tertiary/aromatic N) is 3. The summed E-state index contributed by atoms with van der Waals surface area (Å²) in [6, 6.07) is 8.33. The van der Waals surface area contributed by atoms with Crippen molar-refractivity contribution in [2.75, 3.05) is 29.9 Å². The molecule has 22 heavy (non-hydrogen) atoms. The fourth-order valence-electron chi connectivity index (χ4n) is 2.22. The van der Waals surface area contributed by atoms with E-state index >= 15 is 0 Å². The van der Waals surface area contributed by atoms with Gasteiger partial charge in [-0.05, 0) is 24.3 Å². The number of nitrogens with one attached hydrogen (secondary N) is 1. The highest BCUT2D eigenvalue weighted by Gasteiger charge is 2.30. The van der Waals surface area contributed by atoms with Crippen LogP contribution in [0.3, 0.4) is 0 Å². The van der Waals surface area contributed by atoms with E-state index in [4.69, 9.17) is 11.6 Å². The number of urea groups is 1. The third-order valence-corrected chi connectivity index (χ3v) is 3.53. The molecule has 7 nitrogen and oxygen atoms in total. The van der Waals surface area contributed by atoms with Crippen LogP contribution >= 0.6 is 11.6 Å².